The van der Waals surface area contributed by atoms with Crippen LogP contribution in [0.2, 0.25) is 0 Å². The molecule has 29 heteroatoms. The van der Waals surface area contributed by atoms with E-state index in [1.165, 1.54) is 35.4 Å². The zero-order chi connectivity index (χ0) is 60.1. The van der Waals surface area contributed by atoms with Crippen molar-refractivity contribution in [2.75, 3.05) is 66.5 Å². The molecule has 0 saturated carbocycles. The Morgan fingerprint density at radius 2 is 1.12 bits per heavy atom. The number of aromatic nitrogens is 6. The highest BCUT2D eigenvalue weighted by Gasteiger charge is 2.40. The third-order valence-electron chi connectivity index (χ3n) is 13.5. The SMILES string of the molecule is CN1CCN(C(=O)c2cccc3[nH]c(CN(C)C4CCCc5cccnc54)nc23)CC1.Cc1ccc2c(n1)C(NCc1nc3c(C(=O)N4CCNCC4)cccc3[nH]1)CCC2.O=C(O)C(F)(F)F.O=C(O)C(F)(F)F.O=C(O)C(F)(F)F. The number of H-pyrrole nitrogens is 2. The van der Waals surface area contributed by atoms with Gasteiger partial charge in [0.1, 0.15) is 22.7 Å². The second-order valence-corrected chi connectivity index (χ2v) is 19.5. The molecule has 0 bridgehead atoms. The Morgan fingerprint density at radius 3 is 1.66 bits per heavy atom. The van der Waals surface area contributed by atoms with Gasteiger partial charge in [0.25, 0.3) is 11.8 Å². The summed E-state index contributed by atoms with van der Waals surface area (Å²) in [4.78, 5) is 87.3. The quantitative estimate of drug-likeness (QED) is 0.0741. The minimum atomic E-state index is -5.08. The number of fused-ring (bicyclic) bond motifs is 4. The van der Waals surface area contributed by atoms with Crippen LogP contribution in [0.3, 0.4) is 0 Å². The van der Waals surface area contributed by atoms with Crippen LogP contribution in [0.5, 0.6) is 0 Å². The molecule has 2 saturated heterocycles. The summed E-state index contributed by atoms with van der Waals surface area (Å²) in [5.41, 5.74) is 10.9. The van der Waals surface area contributed by atoms with Crippen LogP contribution in [0.4, 0.5) is 39.5 Å². The van der Waals surface area contributed by atoms with E-state index in [1.54, 1.807) is 0 Å². The monoisotopic (exact) mass is 1160 g/mol. The van der Waals surface area contributed by atoms with E-state index >= 15 is 0 Å². The summed E-state index contributed by atoms with van der Waals surface area (Å²) < 4.78 is 95.2. The van der Waals surface area contributed by atoms with Gasteiger partial charge in [-0.1, -0.05) is 24.3 Å². The van der Waals surface area contributed by atoms with Crippen LogP contribution in [-0.4, -0.2) is 180 Å². The van der Waals surface area contributed by atoms with Crippen molar-refractivity contribution in [3.05, 3.63) is 118 Å². The molecule has 10 rings (SSSR count). The van der Waals surface area contributed by atoms with Crippen LogP contribution >= 0.6 is 0 Å². The van der Waals surface area contributed by atoms with Crippen LogP contribution in [0, 0.1) is 6.92 Å². The van der Waals surface area contributed by atoms with Crippen molar-refractivity contribution in [2.24, 2.45) is 0 Å². The maximum atomic E-state index is 13.2. The molecular weight excluding hydrogens is 1100 g/mol. The number of likely N-dealkylation sites (N-methyl/N-ethyl adjacent to an activating group) is 1. The molecule has 0 spiro atoms. The number of halogens is 9. The van der Waals surface area contributed by atoms with Crippen molar-refractivity contribution in [2.45, 2.75) is 89.2 Å². The summed E-state index contributed by atoms with van der Waals surface area (Å²) >= 11 is 0. The van der Waals surface area contributed by atoms with Crippen LogP contribution in [0.1, 0.15) is 98.3 Å². The molecule has 2 fully saturated rings. The maximum absolute atomic E-state index is 13.2. The van der Waals surface area contributed by atoms with E-state index in [2.05, 4.69) is 67.7 Å². The van der Waals surface area contributed by atoms with Crippen molar-refractivity contribution in [3.8, 4) is 0 Å². The number of nitrogens with one attached hydrogen (secondary N) is 4. The van der Waals surface area contributed by atoms with E-state index in [1.807, 2.05) is 65.4 Å². The number of pyridine rings is 2. The summed E-state index contributed by atoms with van der Waals surface area (Å²) in [5.74, 6) is -6.39. The van der Waals surface area contributed by atoms with Crippen molar-refractivity contribution in [1.29, 1.82) is 0 Å². The third kappa shape index (κ3) is 17.4. The smallest absolute Gasteiger partial charge is 0.475 e. The van der Waals surface area contributed by atoms with Gasteiger partial charge < -0.3 is 50.6 Å². The fraction of sp³-hybridized carbons (Fsp3) is 0.453. The molecule has 4 aromatic heterocycles. The Balaban J connectivity index is 0.000000196. The van der Waals surface area contributed by atoms with Gasteiger partial charge in [0.15, 0.2) is 0 Å². The largest absolute Gasteiger partial charge is 0.490 e. The summed E-state index contributed by atoms with van der Waals surface area (Å²) in [6, 6.07) is 20.7. The summed E-state index contributed by atoms with van der Waals surface area (Å²) in [6.07, 6.45) is -6.62. The lowest BCUT2D eigenvalue weighted by Crippen LogP contribution is -2.47. The number of alkyl halides is 9. The Kier molecular flexibility index (Phi) is 21.5. The molecule has 2 amide bonds. The first-order valence-corrected chi connectivity index (χ1v) is 25.8. The zero-order valence-corrected chi connectivity index (χ0v) is 44.7. The standard InChI is InChI=1S/C24H30N6O.C23H28N6O.3C2HF3O2/c1-28-12-14-30(15-13-28)24(31)18-8-4-9-19-23(18)27-21(26-19)16-29(2)20-10-3-6-17-7-5-11-25-22(17)20;1-15-8-9-16-4-2-6-18(21(16)26-15)25-14-20-27-19-7-3-5-17(22(19)28-20)23(30)29-12-10-24-11-13-29;3*3-2(4,5)1(6)7/h4-5,7-9,11,20H,3,6,10,12-16H2,1-2H3,(H,26,27);3,5,7-9,18,24-25H,2,4,6,10-14H2,1H3,(H,27,28);3*(H,6,7). The zero-order valence-electron chi connectivity index (χ0n) is 44.7. The van der Waals surface area contributed by atoms with Gasteiger partial charge >= 0.3 is 36.4 Å². The van der Waals surface area contributed by atoms with Gasteiger partial charge in [-0.05, 0) is 107 Å². The molecule has 2 aliphatic heterocycles. The molecule has 4 aliphatic rings. The fourth-order valence-electron chi connectivity index (χ4n) is 9.42. The fourth-order valence-corrected chi connectivity index (χ4v) is 9.42. The number of amides is 2. The van der Waals surface area contributed by atoms with Crippen molar-refractivity contribution in [1.82, 2.24) is 60.1 Å². The third-order valence-corrected chi connectivity index (χ3v) is 13.5. The first-order valence-electron chi connectivity index (χ1n) is 25.8. The number of carboxylic acid groups (broad SMARTS) is 3. The highest BCUT2D eigenvalue weighted by atomic mass is 19.4. The minimum Gasteiger partial charge on any atom is -0.475 e. The summed E-state index contributed by atoms with van der Waals surface area (Å²) in [5, 5.41) is 28.3. The number of imidazole rings is 2. The number of rotatable bonds is 8. The first-order chi connectivity index (χ1) is 38.6. The molecule has 2 atom stereocenters. The van der Waals surface area contributed by atoms with E-state index < -0.39 is 36.4 Å². The van der Waals surface area contributed by atoms with Crippen LogP contribution < -0.4 is 10.6 Å². The molecule has 0 radical (unpaired) electrons. The number of aliphatic carboxylic acids is 3. The van der Waals surface area contributed by atoms with E-state index in [-0.39, 0.29) is 17.9 Å². The molecule has 2 unspecified atom stereocenters. The predicted octanol–water partition coefficient (Wildman–Crippen LogP) is 7.23. The number of nitrogens with zero attached hydrogens (tertiary/aromatic N) is 8. The van der Waals surface area contributed by atoms with Crippen LogP contribution in [0.15, 0.2) is 66.9 Å². The highest BCUT2D eigenvalue weighted by molar-refractivity contribution is 6.05. The average Bonchev–Trinajstić information content (AvgIpc) is 3.96. The molecule has 20 nitrogen and oxygen atoms in total. The number of hydrogen-bond acceptors (Lipinski definition) is 13. The number of carboxylic acids is 3. The molecule has 444 valence electrons. The number of aryl methyl sites for hydroxylation is 3. The van der Waals surface area contributed by atoms with Crippen molar-refractivity contribution < 1.29 is 78.8 Å². The van der Waals surface area contributed by atoms with Crippen LogP contribution in [0.25, 0.3) is 22.1 Å². The second-order valence-electron chi connectivity index (χ2n) is 19.5. The van der Waals surface area contributed by atoms with E-state index in [4.69, 9.17) is 44.7 Å². The number of aromatic amines is 2. The van der Waals surface area contributed by atoms with E-state index in [9.17, 15) is 49.1 Å². The van der Waals surface area contributed by atoms with Gasteiger partial charge in [0.05, 0.1) is 58.7 Å². The van der Waals surface area contributed by atoms with E-state index in [0.29, 0.717) is 30.3 Å². The first kappa shape index (κ1) is 63.4. The number of carbonyl (C=O) groups excluding carboxylic acids is 2. The van der Waals surface area contributed by atoms with Crippen molar-refractivity contribution >= 4 is 51.8 Å². The topological polar surface area (TPSA) is 266 Å². The van der Waals surface area contributed by atoms with Gasteiger partial charge in [-0.3, -0.25) is 24.5 Å². The lowest BCUT2D eigenvalue weighted by atomic mass is 9.91. The van der Waals surface area contributed by atoms with Gasteiger partial charge in [-0.25, -0.2) is 24.4 Å². The molecule has 2 aliphatic carbocycles. The average molecular weight is 1170 g/mol. The van der Waals surface area contributed by atoms with Gasteiger partial charge in [0, 0.05) is 64.2 Å². The number of hydrogen-bond donors (Lipinski definition) is 7. The normalized spacial score (nSPS) is 17.3. The number of carbonyl (C=O) groups is 5. The van der Waals surface area contributed by atoms with Gasteiger partial charge in [0.2, 0.25) is 0 Å². The predicted molar refractivity (Wildman–Crippen MR) is 278 cm³/mol. The Labute approximate surface area is 463 Å². The van der Waals surface area contributed by atoms with Crippen LogP contribution in [-0.2, 0) is 40.3 Å². The minimum absolute atomic E-state index is 0.0639. The summed E-state index contributed by atoms with van der Waals surface area (Å²) in [7, 11) is 4.23. The Hall–Kier alpha value is -7.76. The molecule has 82 heavy (non-hydrogen) atoms. The maximum Gasteiger partial charge on any atom is 0.490 e. The summed E-state index contributed by atoms with van der Waals surface area (Å²) in [6.45, 7) is 9.87. The number of para-hydroxylation sites is 2. The lowest BCUT2D eigenvalue weighted by molar-refractivity contribution is -0.193. The second kappa shape index (κ2) is 27.8. The van der Waals surface area contributed by atoms with E-state index in [0.717, 1.165) is 117 Å². The molecule has 6 heterocycles. The van der Waals surface area contributed by atoms with Crippen molar-refractivity contribution in [3.63, 3.8) is 0 Å². The molecule has 2 aromatic carbocycles. The van der Waals surface area contributed by atoms with Gasteiger partial charge in [-0.15, -0.1) is 0 Å². The van der Waals surface area contributed by atoms with Gasteiger partial charge in [-0.2, -0.15) is 39.5 Å². The number of piperazine rings is 2. The highest BCUT2D eigenvalue weighted by Crippen LogP contribution is 2.33. The number of benzene rings is 2. The lowest BCUT2D eigenvalue weighted by Gasteiger charge is -2.32. The Morgan fingerprint density at radius 1 is 0.634 bits per heavy atom. The Bertz CT molecular complexity index is 3120. The molecule has 7 N–H and O–H groups in total. The molecular formula is C53H61F9N12O8. The molecule has 6 aromatic rings.